The second-order valence-electron chi connectivity index (χ2n) is 3.07. The Bertz CT molecular complexity index is 289. The Morgan fingerprint density at radius 3 is 2.79 bits per heavy atom. The van der Waals surface area contributed by atoms with Crippen LogP contribution in [0.15, 0.2) is 22.7 Å². The van der Waals surface area contributed by atoms with Crippen LogP contribution in [0.4, 0.5) is 0 Å². The number of nitrogens with one attached hydrogen (secondary N) is 1. The molecule has 0 saturated carbocycles. The van der Waals surface area contributed by atoms with Crippen LogP contribution < -0.4 is 10.1 Å². The van der Waals surface area contributed by atoms with Gasteiger partial charge in [-0.25, -0.2) is 0 Å². The molecule has 0 heterocycles. The molecule has 0 fully saturated rings. The van der Waals surface area contributed by atoms with Crippen LogP contribution in [-0.2, 0) is 6.42 Å². The molecular weight excluding hydrogens is 242 g/mol. The van der Waals surface area contributed by atoms with E-state index in [0.29, 0.717) is 6.61 Å². The number of rotatable bonds is 5. The van der Waals surface area contributed by atoms with Crippen molar-refractivity contribution in [2.75, 3.05) is 20.2 Å². The van der Waals surface area contributed by atoms with Gasteiger partial charge in [0.05, 0.1) is 4.47 Å². The van der Waals surface area contributed by atoms with Crippen molar-refractivity contribution < 1.29 is 4.74 Å². The molecule has 0 aliphatic heterocycles. The van der Waals surface area contributed by atoms with Gasteiger partial charge in [-0.05, 0) is 47.1 Å². The molecule has 1 aromatic carbocycles. The molecule has 0 atom stereocenters. The van der Waals surface area contributed by atoms with Gasteiger partial charge >= 0.3 is 0 Å². The monoisotopic (exact) mass is 257 g/mol. The van der Waals surface area contributed by atoms with Gasteiger partial charge in [-0.3, -0.25) is 0 Å². The molecule has 0 spiro atoms. The maximum Gasteiger partial charge on any atom is 0.133 e. The normalized spacial score (nSPS) is 10.2. The van der Waals surface area contributed by atoms with E-state index >= 15 is 0 Å². The van der Waals surface area contributed by atoms with Gasteiger partial charge in [0.25, 0.3) is 0 Å². The van der Waals surface area contributed by atoms with Gasteiger partial charge in [0.2, 0.25) is 0 Å². The standard InChI is InChI=1S/C11H16BrNO/c1-3-9-4-5-11(10(12)8-9)14-7-6-13-2/h4-5,8,13H,3,6-7H2,1-2H3. The summed E-state index contributed by atoms with van der Waals surface area (Å²) in [6.45, 7) is 3.70. The molecule has 3 heteroatoms. The van der Waals surface area contributed by atoms with E-state index in [4.69, 9.17) is 4.74 Å². The molecule has 1 rings (SSSR count). The molecule has 0 amide bonds. The molecule has 78 valence electrons. The lowest BCUT2D eigenvalue weighted by molar-refractivity contribution is 0.316. The quantitative estimate of drug-likeness (QED) is 0.820. The van der Waals surface area contributed by atoms with Crippen molar-refractivity contribution in [2.45, 2.75) is 13.3 Å². The smallest absolute Gasteiger partial charge is 0.133 e. The zero-order valence-corrected chi connectivity index (χ0v) is 10.2. The Hall–Kier alpha value is -0.540. The van der Waals surface area contributed by atoms with Crippen LogP contribution in [0.25, 0.3) is 0 Å². The van der Waals surface area contributed by atoms with Gasteiger partial charge in [-0.2, -0.15) is 0 Å². The van der Waals surface area contributed by atoms with Crippen LogP contribution in [0.1, 0.15) is 12.5 Å². The van der Waals surface area contributed by atoms with Crippen LogP contribution in [0.3, 0.4) is 0 Å². The number of benzene rings is 1. The van der Waals surface area contributed by atoms with E-state index < -0.39 is 0 Å². The van der Waals surface area contributed by atoms with E-state index in [1.807, 2.05) is 13.1 Å². The first-order valence-electron chi connectivity index (χ1n) is 4.83. The minimum Gasteiger partial charge on any atom is -0.491 e. The van der Waals surface area contributed by atoms with E-state index in [-0.39, 0.29) is 0 Å². The molecule has 0 aliphatic rings. The van der Waals surface area contributed by atoms with Crippen molar-refractivity contribution in [1.29, 1.82) is 0 Å². The highest BCUT2D eigenvalue weighted by atomic mass is 79.9. The summed E-state index contributed by atoms with van der Waals surface area (Å²) < 4.78 is 6.60. The Morgan fingerprint density at radius 2 is 2.21 bits per heavy atom. The van der Waals surface area contributed by atoms with Crippen molar-refractivity contribution >= 4 is 15.9 Å². The van der Waals surface area contributed by atoms with E-state index in [2.05, 4.69) is 40.3 Å². The van der Waals surface area contributed by atoms with E-state index in [1.165, 1.54) is 5.56 Å². The molecule has 1 aromatic rings. The molecule has 0 radical (unpaired) electrons. The van der Waals surface area contributed by atoms with Crippen LogP contribution in [-0.4, -0.2) is 20.2 Å². The minimum absolute atomic E-state index is 0.695. The lowest BCUT2D eigenvalue weighted by atomic mass is 10.2. The highest BCUT2D eigenvalue weighted by molar-refractivity contribution is 9.10. The molecule has 14 heavy (non-hydrogen) atoms. The predicted molar refractivity (Wildman–Crippen MR) is 62.9 cm³/mol. The van der Waals surface area contributed by atoms with Gasteiger partial charge in [-0.1, -0.05) is 13.0 Å². The third kappa shape index (κ3) is 3.31. The zero-order valence-electron chi connectivity index (χ0n) is 8.64. The lowest BCUT2D eigenvalue weighted by Gasteiger charge is -2.08. The molecule has 0 unspecified atom stereocenters. The summed E-state index contributed by atoms with van der Waals surface area (Å²) in [5.74, 6) is 0.914. The number of hydrogen-bond acceptors (Lipinski definition) is 2. The zero-order chi connectivity index (χ0) is 10.4. The third-order valence-electron chi connectivity index (χ3n) is 2.01. The molecule has 0 saturated heterocycles. The Morgan fingerprint density at radius 1 is 1.43 bits per heavy atom. The molecule has 0 aromatic heterocycles. The Labute approximate surface area is 93.8 Å². The summed E-state index contributed by atoms with van der Waals surface area (Å²) in [6.07, 6.45) is 1.05. The Kier molecular flexibility index (Phi) is 4.98. The minimum atomic E-state index is 0.695. The van der Waals surface area contributed by atoms with E-state index in [9.17, 15) is 0 Å². The van der Waals surface area contributed by atoms with Crippen LogP contribution in [0.2, 0.25) is 0 Å². The van der Waals surface area contributed by atoms with Crippen molar-refractivity contribution in [3.05, 3.63) is 28.2 Å². The number of likely N-dealkylation sites (N-methyl/N-ethyl adjacent to an activating group) is 1. The molecule has 2 nitrogen and oxygen atoms in total. The summed E-state index contributed by atoms with van der Waals surface area (Å²) in [7, 11) is 1.92. The second-order valence-corrected chi connectivity index (χ2v) is 3.92. The van der Waals surface area contributed by atoms with Gasteiger partial charge < -0.3 is 10.1 Å². The number of halogens is 1. The Balaban J connectivity index is 2.59. The van der Waals surface area contributed by atoms with Crippen LogP contribution >= 0.6 is 15.9 Å². The van der Waals surface area contributed by atoms with Gasteiger partial charge in [0.1, 0.15) is 12.4 Å². The number of aryl methyl sites for hydroxylation is 1. The maximum atomic E-state index is 5.57. The average Bonchev–Trinajstić information content (AvgIpc) is 2.20. The average molecular weight is 258 g/mol. The molecular formula is C11H16BrNO. The fourth-order valence-corrected chi connectivity index (χ4v) is 1.69. The molecule has 1 N–H and O–H groups in total. The van der Waals surface area contributed by atoms with E-state index in [0.717, 1.165) is 23.2 Å². The highest BCUT2D eigenvalue weighted by Crippen LogP contribution is 2.25. The first-order valence-corrected chi connectivity index (χ1v) is 5.63. The topological polar surface area (TPSA) is 21.3 Å². The summed E-state index contributed by atoms with van der Waals surface area (Å²) in [5.41, 5.74) is 1.32. The van der Waals surface area contributed by atoms with Crippen molar-refractivity contribution in [2.24, 2.45) is 0 Å². The van der Waals surface area contributed by atoms with Gasteiger partial charge in [0, 0.05) is 6.54 Å². The van der Waals surface area contributed by atoms with Gasteiger partial charge in [0.15, 0.2) is 0 Å². The summed E-state index contributed by atoms with van der Waals surface area (Å²) in [4.78, 5) is 0. The van der Waals surface area contributed by atoms with Gasteiger partial charge in [-0.15, -0.1) is 0 Å². The summed E-state index contributed by atoms with van der Waals surface area (Å²) >= 11 is 3.49. The van der Waals surface area contributed by atoms with Crippen molar-refractivity contribution in [3.63, 3.8) is 0 Å². The van der Waals surface area contributed by atoms with Crippen LogP contribution in [0.5, 0.6) is 5.75 Å². The maximum absolute atomic E-state index is 5.57. The predicted octanol–water partition coefficient (Wildman–Crippen LogP) is 2.61. The summed E-state index contributed by atoms with van der Waals surface area (Å²) in [5, 5.41) is 3.04. The number of hydrogen-bond donors (Lipinski definition) is 1. The van der Waals surface area contributed by atoms with Crippen molar-refractivity contribution in [3.8, 4) is 5.75 Å². The first kappa shape index (κ1) is 11.5. The fraction of sp³-hybridized carbons (Fsp3) is 0.455. The molecule has 0 bridgehead atoms. The van der Waals surface area contributed by atoms with Crippen molar-refractivity contribution in [1.82, 2.24) is 5.32 Å². The second kappa shape index (κ2) is 6.04. The fourth-order valence-electron chi connectivity index (χ4n) is 1.14. The lowest BCUT2D eigenvalue weighted by Crippen LogP contribution is -2.16. The van der Waals surface area contributed by atoms with Crippen LogP contribution in [0, 0.1) is 0 Å². The third-order valence-corrected chi connectivity index (χ3v) is 2.63. The highest BCUT2D eigenvalue weighted by Gasteiger charge is 2.00. The summed E-state index contributed by atoms with van der Waals surface area (Å²) in [6, 6.07) is 6.22. The SMILES string of the molecule is CCc1ccc(OCCNC)c(Br)c1. The number of ether oxygens (including phenoxy) is 1. The largest absolute Gasteiger partial charge is 0.491 e. The van der Waals surface area contributed by atoms with E-state index in [1.54, 1.807) is 0 Å². The molecule has 0 aliphatic carbocycles. The first-order chi connectivity index (χ1) is 6.77.